The van der Waals surface area contributed by atoms with Crippen molar-refractivity contribution in [3.63, 3.8) is 0 Å². The minimum absolute atomic E-state index is 0.0717. The Morgan fingerprint density at radius 2 is 1.71 bits per heavy atom. The number of amides is 1. The molecular weight excluding hydrogens is 260 g/mol. The number of rotatable bonds is 6. The van der Waals surface area contributed by atoms with Crippen molar-refractivity contribution in [2.24, 2.45) is 5.73 Å². The minimum atomic E-state index is 0.0717. The number of carbonyl (C=O) groups excluding carboxylic acids is 1. The topological polar surface area (TPSA) is 55.1 Å². The van der Waals surface area contributed by atoms with Crippen LogP contribution in [0.25, 0.3) is 0 Å². The van der Waals surface area contributed by atoms with Crippen LogP contribution < -0.4 is 11.1 Å². The molecule has 0 aliphatic rings. The van der Waals surface area contributed by atoms with Crippen molar-refractivity contribution in [1.29, 1.82) is 0 Å². The lowest BCUT2D eigenvalue weighted by Crippen LogP contribution is -2.23. The van der Waals surface area contributed by atoms with Gasteiger partial charge in [0, 0.05) is 19.5 Å². The lowest BCUT2D eigenvalue weighted by molar-refractivity contribution is -0.121. The van der Waals surface area contributed by atoms with Crippen LogP contribution in [0, 0.1) is 6.92 Å². The standard InChI is InChI=1S/C18H22N2O/c1-14-6-8-15(9-7-14)10-11-18(21)20-13-17-5-3-2-4-16(17)12-19/h2-9H,10-13,19H2,1H3,(H,20,21). The third-order valence-corrected chi connectivity index (χ3v) is 3.58. The first kappa shape index (κ1) is 15.3. The van der Waals surface area contributed by atoms with E-state index >= 15 is 0 Å². The van der Waals surface area contributed by atoms with Crippen LogP contribution in [0.15, 0.2) is 48.5 Å². The lowest BCUT2D eigenvalue weighted by atomic mass is 10.1. The first-order chi connectivity index (χ1) is 10.2. The molecule has 1 amide bonds. The Bertz CT molecular complexity index is 590. The minimum Gasteiger partial charge on any atom is -0.352 e. The molecule has 2 rings (SSSR count). The van der Waals surface area contributed by atoms with E-state index in [0.717, 1.165) is 17.5 Å². The van der Waals surface area contributed by atoms with Gasteiger partial charge in [-0.1, -0.05) is 54.1 Å². The predicted molar refractivity (Wildman–Crippen MR) is 85.7 cm³/mol. The quantitative estimate of drug-likeness (QED) is 0.856. The summed E-state index contributed by atoms with van der Waals surface area (Å²) in [6.45, 7) is 3.10. The highest BCUT2D eigenvalue weighted by Gasteiger charge is 2.04. The van der Waals surface area contributed by atoms with Crippen molar-refractivity contribution in [3.8, 4) is 0 Å². The molecule has 0 aliphatic carbocycles. The van der Waals surface area contributed by atoms with Crippen LogP contribution in [0.4, 0.5) is 0 Å². The first-order valence-corrected chi connectivity index (χ1v) is 7.28. The smallest absolute Gasteiger partial charge is 0.220 e. The molecule has 0 heterocycles. The van der Waals surface area contributed by atoms with Gasteiger partial charge in [-0.05, 0) is 30.0 Å². The van der Waals surface area contributed by atoms with Gasteiger partial charge in [0.15, 0.2) is 0 Å². The predicted octanol–water partition coefficient (Wildman–Crippen LogP) is 2.70. The third-order valence-electron chi connectivity index (χ3n) is 3.58. The van der Waals surface area contributed by atoms with E-state index in [1.165, 1.54) is 11.1 Å². The van der Waals surface area contributed by atoms with E-state index in [9.17, 15) is 4.79 Å². The zero-order valence-corrected chi connectivity index (χ0v) is 12.4. The number of benzene rings is 2. The number of hydrogen-bond donors (Lipinski definition) is 2. The summed E-state index contributed by atoms with van der Waals surface area (Å²) in [7, 11) is 0. The Labute approximate surface area is 126 Å². The van der Waals surface area contributed by atoms with Crippen LogP contribution in [0.5, 0.6) is 0 Å². The van der Waals surface area contributed by atoms with Gasteiger partial charge >= 0.3 is 0 Å². The number of nitrogens with two attached hydrogens (primary N) is 1. The van der Waals surface area contributed by atoms with Gasteiger partial charge in [0.25, 0.3) is 0 Å². The van der Waals surface area contributed by atoms with Crippen molar-refractivity contribution < 1.29 is 4.79 Å². The summed E-state index contributed by atoms with van der Waals surface area (Å²) in [6.07, 6.45) is 1.28. The lowest BCUT2D eigenvalue weighted by Gasteiger charge is -2.09. The van der Waals surface area contributed by atoms with Crippen molar-refractivity contribution >= 4 is 5.91 Å². The van der Waals surface area contributed by atoms with Gasteiger partial charge in [0.2, 0.25) is 5.91 Å². The van der Waals surface area contributed by atoms with Crippen molar-refractivity contribution in [1.82, 2.24) is 5.32 Å². The molecule has 0 saturated heterocycles. The SMILES string of the molecule is Cc1ccc(CCC(=O)NCc2ccccc2CN)cc1. The summed E-state index contributed by atoms with van der Waals surface area (Å²) in [5.74, 6) is 0.0717. The molecule has 0 unspecified atom stereocenters. The summed E-state index contributed by atoms with van der Waals surface area (Å²) >= 11 is 0. The molecule has 0 atom stereocenters. The van der Waals surface area contributed by atoms with Crippen LogP contribution in [0.1, 0.15) is 28.7 Å². The summed E-state index contributed by atoms with van der Waals surface area (Å²) in [6, 6.07) is 16.2. The maximum absolute atomic E-state index is 11.9. The second-order valence-corrected chi connectivity index (χ2v) is 5.24. The molecule has 110 valence electrons. The highest BCUT2D eigenvalue weighted by Crippen LogP contribution is 2.08. The van der Waals surface area contributed by atoms with E-state index < -0.39 is 0 Å². The largest absolute Gasteiger partial charge is 0.352 e. The molecule has 2 aromatic carbocycles. The Balaban J connectivity index is 1.81. The summed E-state index contributed by atoms with van der Waals surface area (Å²) < 4.78 is 0. The zero-order chi connectivity index (χ0) is 15.1. The monoisotopic (exact) mass is 282 g/mol. The van der Waals surface area contributed by atoms with Crippen LogP contribution >= 0.6 is 0 Å². The maximum atomic E-state index is 11.9. The van der Waals surface area contributed by atoms with Crippen molar-refractivity contribution in [2.75, 3.05) is 0 Å². The number of nitrogens with one attached hydrogen (secondary N) is 1. The Kier molecular flexibility index (Phi) is 5.52. The Morgan fingerprint density at radius 1 is 1.05 bits per heavy atom. The third kappa shape index (κ3) is 4.72. The van der Waals surface area contributed by atoms with Gasteiger partial charge in [0.1, 0.15) is 0 Å². The van der Waals surface area contributed by atoms with Gasteiger partial charge in [-0.25, -0.2) is 0 Å². The molecule has 0 bridgehead atoms. The van der Waals surface area contributed by atoms with E-state index in [1.807, 2.05) is 24.3 Å². The molecule has 0 saturated carbocycles. The van der Waals surface area contributed by atoms with E-state index in [-0.39, 0.29) is 5.91 Å². The molecule has 0 spiro atoms. The summed E-state index contributed by atoms with van der Waals surface area (Å²) in [4.78, 5) is 11.9. The van der Waals surface area contributed by atoms with Crippen molar-refractivity contribution in [2.45, 2.75) is 32.9 Å². The van der Waals surface area contributed by atoms with Crippen LogP contribution in [0.3, 0.4) is 0 Å². The number of aryl methyl sites for hydroxylation is 2. The van der Waals surface area contributed by atoms with E-state index in [4.69, 9.17) is 5.73 Å². The fraction of sp³-hybridized carbons (Fsp3) is 0.278. The normalized spacial score (nSPS) is 10.4. The second kappa shape index (κ2) is 7.60. The van der Waals surface area contributed by atoms with Gasteiger partial charge in [-0.3, -0.25) is 4.79 Å². The molecule has 0 fully saturated rings. The molecule has 21 heavy (non-hydrogen) atoms. The molecule has 3 nitrogen and oxygen atoms in total. The number of hydrogen-bond acceptors (Lipinski definition) is 2. The average Bonchev–Trinajstić information content (AvgIpc) is 2.52. The summed E-state index contributed by atoms with van der Waals surface area (Å²) in [5, 5.41) is 2.96. The van der Waals surface area contributed by atoms with Crippen molar-refractivity contribution in [3.05, 3.63) is 70.8 Å². The molecule has 0 radical (unpaired) electrons. The molecule has 0 aliphatic heterocycles. The van der Waals surface area contributed by atoms with E-state index in [2.05, 4.69) is 36.5 Å². The zero-order valence-electron chi connectivity index (χ0n) is 12.4. The molecular formula is C18H22N2O. The Morgan fingerprint density at radius 3 is 2.38 bits per heavy atom. The van der Waals surface area contributed by atoms with E-state index in [1.54, 1.807) is 0 Å². The fourth-order valence-electron chi connectivity index (χ4n) is 2.22. The molecule has 2 aromatic rings. The molecule has 3 heteroatoms. The number of carbonyl (C=O) groups is 1. The van der Waals surface area contributed by atoms with E-state index in [0.29, 0.717) is 19.5 Å². The second-order valence-electron chi connectivity index (χ2n) is 5.24. The maximum Gasteiger partial charge on any atom is 0.220 e. The van der Waals surface area contributed by atoms with Gasteiger partial charge in [0.05, 0.1) is 0 Å². The fourth-order valence-corrected chi connectivity index (χ4v) is 2.22. The highest BCUT2D eigenvalue weighted by atomic mass is 16.1. The van der Waals surface area contributed by atoms with Crippen LogP contribution in [0.2, 0.25) is 0 Å². The first-order valence-electron chi connectivity index (χ1n) is 7.28. The van der Waals surface area contributed by atoms with Crippen LogP contribution in [-0.2, 0) is 24.3 Å². The van der Waals surface area contributed by atoms with Gasteiger partial charge in [-0.2, -0.15) is 0 Å². The average molecular weight is 282 g/mol. The van der Waals surface area contributed by atoms with Gasteiger partial charge < -0.3 is 11.1 Å². The Hall–Kier alpha value is -2.13. The van der Waals surface area contributed by atoms with Gasteiger partial charge in [-0.15, -0.1) is 0 Å². The highest BCUT2D eigenvalue weighted by molar-refractivity contribution is 5.76. The molecule has 0 aromatic heterocycles. The van der Waals surface area contributed by atoms with Crippen LogP contribution in [-0.4, -0.2) is 5.91 Å². The summed E-state index contributed by atoms with van der Waals surface area (Å²) in [5.41, 5.74) is 10.3. The molecule has 3 N–H and O–H groups in total.